The molecule has 0 bridgehead atoms. The second-order valence-electron chi connectivity index (χ2n) is 5.58. The predicted molar refractivity (Wildman–Crippen MR) is 99.7 cm³/mol. The van der Waals surface area contributed by atoms with E-state index in [1.165, 1.54) is 14.2 Å². The van der Waals surface area contributed by atoms with Gasteiger partial charge >= 0.3 is 5.97 Å². The molecule has 0 aliphatic heterocycles. The fourth-order valence-electron chi connectivity index (χ4n) is 2.27. The van der Waals surface area contributed by atoms with Crippen LogP contribution in [0.5, 0.6) is 5.75 Å². The van der Waals surface area contributed by atoms with Crippen LogP contribution in [-0.2, 0) is 20.9 Å². The molecule has 6 nitrogen and oxygen atoms in total. The lowest BCUT2D eigenvalue weighted by atomic mass is 10.2. The first-order valence-electron chi connectivity index (χ1n) is 8.07. The molecule has 0 aliphatic carbocycles. The van der Waals surface area contributed by atoms with Gasteiger partial charge < -0.3 is 20.1 Å². The van der Waals surface area contributed by atoms with Gasteiger partial charge in [-0.1, -0.05) is 36.4 Å². The highest BCUT2D eigenvalue weighted by molar-refractivity contribution is 6.02. The van der Waals surface area contributed by atoms with Crippen molar-refractivity contribution in [3.63, 3.8) is 0 Å². The van der Waals surface area contributed by atoms with Crippen LogP contribution in [0.15, 0.2) is 60.3 Å². The van der Waals surface area contributed by atoms with Crippen LogP contribution in [0, 0.1) is 6.92 Å². The zero-order valence-corrected chi connectivity index (χ0v) is 15.0. The third-order valence-electron chi connectivity index (χ3n) is 3.63. The molecule has 1 amide bonds. The van der Waals surface area contributed by atoms with E-state index in [1.54, 1.807) is 6.07 Å². The van der Waals surface area contributed by atoms with Crippen LogP contribution in [-0.4, -0.2) is 26.1 Å². The van der Waals surface area contributed by atoms with Crippen molar-refractivity contribution in [3.05, 3.63) is 71.4 Å². The van der Waals surface area contributed by atoms with Crippen LogP contribution in [0.4, 0.5) is 5.69 Å². The number of nitrogens with one attached hydrogen (secondary N) is 2. The predicted octanol–water partition coefficient (Wildman–Crippen LogP) is 2.79. The molecule has 136 valence electrons. The number of hydrogen-bond donors (Lipinski definition) is 2. The smallest absolute Gasteiger partial charge is 0.332 e. The Kier molecular flexibility index (Phi) is 6.79. The van der Waals surface area contributed by atoms with Gasteiger partial charge in [-0.3, -0.25) is 4.79 Å². The molecular weight excluding hydrogens is 332 g/mol. The van der Waals surface area contributed by atoms with Gasteiger partial charge in [0.2, 0.25) is 0 Å². The summed E-state index contributed by atoms with van der Waals surface area (Å²) >= 11 is 0. The van der Waals surface area contributed by atoms with Crippen LogP contribution < -0.4 is 15.4 Å². The summed E-state index contributed by atoms with van der Waals surface area (Å²) in [5.74, 6) is -0.501. The largest absolute Gasteiger partial charge is 0.495 e. The lowest BCUT2D eigenvalue weighted by Crippen LogP contribution is -2.28. The summed E-state index contributed by atoms with van der Waals surface area (Å²) in [6, 6.07) is 15.0. The molecule has 0 saturated heterocycles. The molecular formula is C20H22N2O4. The van der Waals surface area contributed by atoms with E-state index in [0.717, 1.165) is 17.2 Å². The molecule has 2 aromatic carbocycles. The minimum Gasteiger partial charge on any atom is -0.495 e. The van der Waals surface area contributed by atoms with E-state index in [4.69, 9.17) is 4.74 Å². The number of ether oxygens (including phenoxy) is 2. The van der Waals surface area contributed by atoms with Gasteiger partial charge in [-0.2, -0.15) is 0 Å². The van der Waals surface area contributed by atoms with Gasteiger partial charge in [0.1, 0.15) is 11.4 Å². The second kappa shape index (κ2) is 9.27. The van der Waals surface area contributed by atoms with Crippen LogP contribution in [0.1, 0.15) is 11.1 Å². The number of aryl methyl sites for hydroxylation is 1. The van der Waals surface area contributed by atoms with Crippen molar-refractivity contribution in [1.29, 1.82) is 0 Å². The number of rotatable bonds is 7. The number of amides is 1. The minimum absolute atomic E-state index is 0.0664. The number of methoxy groups -OCH3 is 2. The van der Waals surface area contributed by atoms with Crippen molar-refractivity contribution < 1.29 is 19.1 Å². The Morgan fingerprint density at radius 3 is 2.46 bits per heavy atom. The first-order valence-corrected chi connectivity index (χ1v) is 8.07. The van der Waals surface area contributed by atoms with Crippen LogP contribution in [0.2, 0.25) is 0 Å². The zero-order chi connectivity index (χ0) is 18.9. The summed E-state index contributed by atoms with van der Waals surface area (Å²) in [6.45, 7) is 2.26. The van der Waals surface area contributed by atoms with Crippen LogP contribution in [0.3, 0.4) is 0 Å². The summed E-state index contributed by atoms with van der Waals surface area (Å²) < 4.78 is 9.95. The van der Waals surface area contributed by atoms with E-state index < -0.39 is 11.9 Å². The number of anilines is 1. The average molecular weight is 354 g/mol. The SMILES string of the molecule is COC(=O)/C=C(\Nc1cc(C)ccc1OC)C(=O)NCc1ccccc1. The summed E-state index contributed by atoms with van der Waals surface area (Å²) in [7, 11) is 2.79. The van der Waals surface area contributed by atoms with E-state index in [2.05, 4.69) is 15.4 Å². The van der Waals surface area contributed by atoms with Gasteiger partial charge in [0.05, 0.1) is 26.0 Å². The highest BCUT2D eigenvalue weighted by Crippen LogP contribution is 2.26. The molecule has 0 unspecified atom stereocenters. The summed E-state index contributed by atoms with van der Waals surface area (Å²) in [5, 5.41) is 5.75. The topological polar surface area (TPSA) is 76.7 Å². The summed E-state index contributed by atoms with van der Waals surface area (Å²) in [4.78, 5) is 24.2. The molecule has 26 heavy (non-hydrogen) atoms. The minimum atomic E-state index is -0.631. The van der Waals surface area contributed by atoms with E-state index >= 15 is 0 Å². The van der Waals surface area contributed by atoms with E-state index in [1.807, 2.05) is 49.4 Å². The van der Waals surface area contributed by atoms with E-state index in [9.17, 15) is 9.59 Å². The Morgan fingerprint density at radius 2 is 1.81 bits per heavy atom. The molecule has 0 heterocycles. The molecule has 2 rings (SSSR count). The molecule has 2 aromatic rings. The van der Waals surface area contributed by atoms with Crippen LogP contribution in [0.25, 0.3) is 0 Å². The molecule has 2 N–H and O–H groups in total. The molecule has 6 heteroatoms. The highest BCUT2D eigenvalue weighted by Gasteiger charge is 2.14. The van der Waals surface area contributed by atoms with Gasteiger partial charge in [-0.05, 0) is 30.2 Å². The highest BCUT2D eigenvalue weighted by atomic mass is 16.5. The molecule has 0 fully saturated rings. The molecule has 0 spiro atoms. The monoisotopic (exact) mass is 354 g/mol. The maximum atomic E-state index is 12.6. The normalized spacial score (nSPS) is 10.8. The number of benzene rings is 2. The number of esters is 1. The van der Waals surface area contributed by atoms with Crippen molar-refractivity contribution >= 4 is 17.6 Å². The van der Waals surface area contributed by atoms with Crippen molar-refractivity contribution in [1.82, 2.24) is 5.32 Å². The molecule has 0 atom stereocenters. The van der Waals surface area contributed by atoms with E-state index in [-0.39, 0.29) is 5.70 Å². The fraction of sp³-hybridized carbons (Fsp3) is 0.200. The zero-order valence-electron chi connectivity index (χ0n) is 15.0. The summed E-state index contributed by atoms with van der Waals surface area (Å²) in [5.41, 5.74) is 2.58. The Hall–Kier alpha value is -3.28. The third-order valence-corrected chi connectivity index (χ3v) is 3.63. The molecule has 0 aliphatic rings. The maximum absolute atomic E-state index is 12.6. The first kappa shape index (κ1) is 19.1. The van der Waals surface area contributed by atoms with Gasteiger partial charge in [0.15, 0.2) is 0 Å². The lowest BCUT2D eigenvalue weighted by molar-refractivity contribution is -0.135. The van der Waals surface area contributed by atoms with Gasteiger partial charge in [0.25, 0.3) is 5.91 Å². The van der Waals surface area contributed by atoms with Gasteiger partial charge in [-0.25, -0.2) is 4.79 Å². The Bertz CT molecular complexity index is 801. The standard InChI is InChI=1S/C20H22N2O4/c1-14-9-10-18(25-2)16(11-14)22-17(12-19(23)26-3)20(24)21-13-15-7-5-4-6-8-15/h4-12,22H,13H2,1-3H3,(H,21,24)/b17-12-. The van der Waals surface area contributed by atoms with Gasteiger partial charge in [0, 0.05) is 6.54 Å². The van der Waals surface area contributed by atoms with E-state index in [0.29, 0.717) is 18.0 Å². The number of hydrogen-bond acceptors (Lipinski definition) is 5. The lowest BCUT2D eigenvalue weighted by Gasteiger charge is -2.15. The Labute approximate surface area is 152 Å². The number of carbonyl (C=O) groups excluding carboxylic acids is 2. The van der Waals surface area contributed by atoms with Crippen molar-refractivity contribution in [2.45, 2.75) is 13.5 Å². The second-order valence-corrected chi connectivity index (χ2v) is 5.58. The Morgan fingerprint density at radius 1 is 1.08 bits per heavy atom. The Balaban J connectivity index is 2.21. The molecule has 0 radical (unpaired) electrons. The number of carbonyl (C=O) groups is 2. The third kappa shape index (κ3) is 5.37. The van der Waals surface area contributed by atoms with Crippen molar-refractivity contribution in [2.24, 2.45) is 0 Å². The maximum Gasteiger partial charge on any atom is 0.332 e. The summed E-state index contributed by atoms with van der Waals surface area (Å²) in [6.07, 6.45) is 1.11. The fourth-order valence-corrected chi connectivity index (χ4v) is 2.27. The van der Waals surface area contributed by atoms with Crippen molar-refractivity contribution in [3.8, 4) is 5.75 Å². The first-order chi connectivity index (χ1) is 12.5. The molecule has 0 saturated carbocycles. The van der Waals surface area contributed by atoms with Crippen molar-refractivity contribution in [2.75, 3.05) is 19.5 Å². The van der Waals surface area contributed by atoms with Crippen LogP contribution >= 0.6 is 0 Å². The van der Waals surface area contributed by atoms with Gasteiger partial charge in [-0.15, -0.1) is 0 Å². The quantitative estimate of drug-likeness (QED) is 0.591. The average Bonchev–Trinajstić information content (AvgIpc) is 2.66. The molecule has 0 aromatic heterocycles.